The Balaban J connectivity index is 2.07. The van der Waals surface area contributed by atoms with E-state index in [0.717, 1.165) is 0 Å². The minimum Gasteiger partial charge on any atom is -0.497 e. The SMILES string of the molecule is CCOC(=O)c1ccc(N2C(=O)/C(=C\c3ccc(OC)cc3OC)C(C(=O)OC)=C2C)cc1. The summed E-state index contributed by atoms with van der Waals surface area (Å²) in [5.41, 5.74) is 2.18. The monoisotopic (exact) mass is 451 g/mol. The van der Waals surface area contributed by atoms with Gasteiger partial charge in [-0.2, -0.15) is 0 Å². The maximum absolute atomic E-state index is 13.4. The van der Waals surface area contributed by atoms with Gasteiger partial charge in [-0.15, -0.1) is 0 Å². The Labute approximate surface area is 192 Å². The van der Waals surface area contributed by atoms with Gasteiger partial charge in [0.05, 0.1) is 44.6 Å². The second-order valence-corrected chi connectivity index (χ2v) is 7.03. The van der Waals surface area contributed by atoms with Crippen LogP contribution in [0.3, 0.4) is 0 Å². The van der Waals surface area contributed by atoms with E-state index in [1.165, 1.54) is 19.1 Å². The first-order chi connectivity index (χ1) is 15.9. The van der Waals surface area contributed by atoms with E-state index in [9.17, 15) is 14.4 Å². The molecule has 1 aliphatic heterocycles. The number of hydrogen-bond acceptors (Lipinski definition) is 7. The third-order valence-electron chi connectivity index (χ3n) is 5.17. The van der Waals surface area contributed by atoms with Crippen molar-refractivity contribution in [3.8, 4) is 11.5 Å². The van der Waals surface area contributed by atoms with E-state index < -0.39 is 17.8 Å². The number of ether oxygens (including phenoxy) is 4. The summed E-state index contributed by atoms with van der Waals surface area (Å²) >= 11 is 0. The molecule has 0 aliphatic carbocycles. The number of anilines is 1. The van der Waals surface area contributed by atoms with Crippen molar-refractivity contribution in [1.82, 2.24) is 0 Å². The fourth-order valence-electron chi connectivity index (χ4n) is 3.55. The second-order valence-electron chi connectivity index (χ2n) is 7.03. The number of carbonyl (C=O) groups excluding carboxylic acids is 3. The average Bonchev–Trinajstić information content (AvgIpc) is 3.08. The maximum Gasteiger partial charge on any atom is 0.340 e. The lowest BCUT2D eigenvalue weighted by molar-refractivity contribution is -0.136. The van der Waals surface area contributed by atoms with Gasteiger partial charge in [-0.1, -0.05) is 0 Å². The van der Waals surface area contributed by atoms with Crippen LogP contribution in [0, 0.1) is 0 Å². The van der Waals surface area contributed by atoms with Crippen LogP contribution in [-0.2, 0) is 19.1 Å². The predicted octanol–water partition coefficient (Wildman–Crippen LogP) is 3.76. The normalized spacial score (nSPS) is 14.5. The number of nitrogens with zero attached hydrogens (tertiary/aromatic N) is 1. The summed E-state index contributed by atoms with van der Waals surface area (Å²) in [6, 6.07) is 11.5. The Kier molecular flexibility index (Phi) is 7.17. The first-order valence-electron chi connectivity index (χ1n) is 10.2. The molecule has 0 saturated carbocycles. The molecule has 0 spiro atoms. The van der Waals surface area contributed by atoms with Crippen LogP contribution in [0.2, 0.25) is 0 Å². The Morgan fingerprint density at radius 3 is 2.24 bits per heavy atom. The highest BCUT2D eigenvalue weighted by Gasteiger charge is 2.38. The van der Waals surface area contributed by atoms with Gasteiger partial charge in [0.25, 0.3) is 5.91 Å². The van der Waals surface area contributed by atoms with Gasteiger partial charge in [0.2, 0.25) is 0 Å². The number of amides is 1. The lowest BCUT2D eigenvalue weighted by atomic mass is 10.0. The zero-order valence-corrected chi connectivity index (χ0v) is 19.1. The van der Waals surface area contributed by atoms with Gasteiger partial charge in [0.15, 0.2) is 0 Å². The van der Waals surface area contributed by atoms with Crippen LogP contribution in [0.5, 0.6) is 11.5 Å². The largest absolute Gasteiger partial charge is 0.497 e. The Morgan fingerprint density at radius 2 is 1.67 bits per heavy atom. The van der Waals surface area contributed by atoms with Gasteiger partial charge in [-0.05, 0) is 56.3 Å². The van der Waals surface area contributed by atoms with Crippen molar-refractivity contribution in [2.24, 2.45) is 0 Å². The number of carbonyl (C=O) groups is 3. The fraction of sp³-hybridized carbons (Fsp3) is 0.240. The van der Waals surface area contributed by atoms with Crippen LogP contribution >= 0.6 is 0 Å². The summed E-state index contributed by atoms with van der Waals surface area (Å²) in [5.74, 6) is -0.421. The van der Waals surface area contributed by atoms with Crippen molar-refractivity contribution < 1.29 is 33.3 Å². The summed E-state index contributed by atoms with van der Waals surface area (Å²) in [6.45, 7) is 3.65. The predicted molar refractivity (Wildman–Crippen MR) is 122 cm³/mol. The number of allylic oxidation sites excluding steroid dienone is 1. The number of methoxy groups -OCH3 is 3. The van der Waals surface area contributed by atoms with E-state index in [1.54, 1.807) is 69.5 Å². The van der Waals surface area contributed by atoms with Crippen LogP contribution in [0.15, 0.2) is 59.3 Å². The molecule has 172 valence electrons. The van der Waals surface area contributed by atoms with E-state index in [-0.39, 0.29) is 17.8 Å². The van der Waals surface area contributed by atoms with E-state index >= 15 is 0 Å². The number of esters is 2. The fourth-order valence-corrected chi connectivity index (χ4v) is 3.55. The molecule has 3 rings (SSSR count). The van der Waals surface area contributed by atoms with E-state index in [4.69, 9.17) is 18.9 Å². The molecule has 1 heterocycles. The van der Waals surface area contributed by atoms with Crippen LogP contribution in [-0.4, -0.2) is 45.8 Å². The van der Waals surface area contributed by atoms with Crippen LogP contribution in [0.25, 0.3) is 6.08 Å². The van der Waals surface area contributed by atoms with Crippen molar-refractivity contribution in [1.29, 1.82) is 0 Å². The molecule has 0 N–H and O–H groups in total. The zero-order valence-electron chi connectivity index (χ0n) is 19.1. The molecule has 1 aliphatic rings. The summed E-state index contributed by atoms with van der Waals surface area (Å²) in [4.78, 5) is 39.4. The lowest BCUT2D eigenvalue weighted by Gasteiger charge is -2.18. The Bertz CT molecular complexity index is 1150. The molecule has 2 aromatic rings. The average molecular weight is 451 g/mol. The van der Waals surface area contributed by atoms with E-state index in [0.29, 0.717) is 34.0 Å². The molecule has 1 amide bonds. The van der Waals surface area contributed by atoms with Gasteiger partial charge in [-0.3, -0.25) is 9.69 Å². The molecule has 0 fully saturated rings. The molecule has 0 radical (unpaired) electrons. The highest BCUT2D eigenvalue weighted by atomic mass is 16.5. The highest BCUT2D eigenvalue weighted by molar-refractivity contribution is 6.24. The second kappa shape index (κ2) is 10.0. The first kappa shape index (κ1) is 23.6. The third kappa shape index (κ3) is 4.59. The van der Waals surface area contributed by atoms with Gasteiger partial charge in [0.1, 0.15) is 11.5 Å². The van der Waals surface area contributed by atoms with Gasteiger partial charge in [0, 0.05) is 23.0 Å². The van der Waals surface area contributed by atoms with Gasteiger partial charge in [-0.25, -0.2) is 9.59 Å². The molecular weight excluding hydrogens is 426 g/mol. The van der Waals surface area contributed by atoms with Gasteiger partial charge >= 0.3 is 11.9 Å². The quantitative estimate of drug-likeness (QED) is 0.468. The molecule has 0 saturated heterocycles. The highest BCUT2D eigenvalue weighted by Crippen LogP contribution is 2.37. The van der Waals surface area contributed by atoms with Crippen molar-refractivity contribution in [3.63, 3.8) is 0 Å². The van der Waals surface area contributed by atoms with Crippen LogP contribution in [0.1, 0.15) is 29.8 Å². The number of hydrogen-bond donors (Lipinski definition) is 0. The summed E-state index contributed by atoms with van der Waals surface area (Å²) in [6.07, 6.45) is 1.59. The Morgan fingerprint density at radius 1 is 0.970 bits per heavy atom. The minimum absolute atomic E-state index is 0.148. The molecule has 0 aromatic heterocycles. The number of rotatable bonds is 7. The van der Waals surface area contributed by atoms with Crippen molar-refractivity contribution in [2.75, 3.05) is 32.8 Å². The smallest absolute Gasteiger partial charge is 0.340 e. The first-order valence-corrected chi connectivity index (χ1v) is 10.2. The molecule has 33 heavy (non-hydrogen) atoms. The third-order valence-corrected chi connectivity index (χ3v) is 5.17. The summed E-state index contributed by atoms with van der Waals surface area (Å²) in [7, 11) is 4.31. The van der Waals surface area contributed by atoms with E-state index in [2.05, 4.69) is 0 Å². The summed E-state index contributed by atoms with van der Waals surface area (Å²) < 4.78 is 20.6. The van der Waals surface area contributed by atoms with E-state index in [1.807, 2.05) is 0 Å². The van der Waals surface area contributed by atoms with Crippen molar-refractivity contribution >= 4 is 29.6 Å². The lowest BCUT2D eigenvalue weighted by Crippen LogP contribution is -2.24. The molecule has 0 atom stereocenters. The minimum atomic E-state index is -0.634. The maximum atomic E-state index is 13.4. The van der Waals surface area contributed by atoms with Gasteiger partial charge < -0.3 is 18.9 Å². The molecule has 0 unspecified atom stereocenters. The van der Waals surface area contributed by atoms with Crippen molar-refractivity contribution in [3.05, 3.63) is 70.4 Å². The molecule has 8 heteroatoms. The summed E-state index contributed by atoms with van der Waals surface area (Å²) in [5, 5.41) is 0. The Hall–Kier alpha value is -4.07. The molecule has 0 bridgehead atoms. The topological polar surface area (TPSA) is 91.4 Å². The van der Waals surface area contributed by atoms with Crippen LogP contribution < -0.4 is 14.4 Å². The van der Waals surface area contributed by atoms with Crippen molar-refractivity contribution in [2.45, 2.75) is 13.8 Å². The molecule has 2 aromatic carbocycles. The van der Waals surface area contributed by atoms with Crippen LogP contribution in [0.4, 0.5) is 5.69 Å². The number of benzene rings is 2. The zero-order chi connectivity index (χ0) is 24.1. The molecule has 8 nitrogen and oxygen atoms in total. The standard InChI is InChI=1S/C25H25NO7/c1-6-33-24(28)16-7-10-18(11-8-16)26-15(2)22(25(29)32-5)20(23(26)27)13-17-9-12-19(30-3)14-21(17)31-4/h7-14H,6H2,1-5H3/b20-13-. The molecular formula is C25H25NO7.